The average Bonchev–Trinajstić information content (AvgIpc) is 2.80. The third kappa shape index (κ3) is 1.86. The van der Waals surface area contributed by atoms with E-state index in [0.717, 1.165) is 11.7 Å². The Bertz CT molecular complexity index is 342. The number of ether oxygens (including phenoxy) is 1. The Labute approximate surface area is 82.7 Å². The van der Waals surface area contributed by atoms with Crippen LogP contribution in [0.15, 0.2) is 6.07 Å². The van der Waals surface area contributed by atoms with Crippen molar-refractivity contribution in [2.75, 3.05) is 18.2 Å². The first-order chi connectivity index (χ1) is 6.69. The molecule has 3 N–H and O–H groups in total. The van der Waals surface area contributed by atoms with Gasteiger partial charge in [0.25, 0.3) is 0 Å². The van der Waals surface area contributed by atoms with Crippen molar-refractivity contribution in [3.63, 3.8) is 0 Å². The van der Waals surface area contributed by atoms with Crippen molar-refractivity contribution in [3.8, 4) is 5.88 Å². The number of nitrogens with one attached hydrogen (secondary N) is 1. The third-order valence-electron chi connectivity index (χ3n) is 2.37. The van der Waals surface area contributed by atoms with E-state index in [0.29, 0.717) is 11.9 Å². The molecule has 1 aromatic heterocycles. The van der Waals surface area contributed by atoms with E-state index in [2.05, 4.69) is 22.2 Å². The average molecular weight is 194 g/mol. The minimum absolute atomic E-state index is 0.236. The van der Waals surface area contributed by atoms with Gasteiger partial charge in [-0.3, -0.25) is 0 Å². The van der Waals surface area contributed by atoms with Gasteiger partial charge < -0.3 is 15.8 Å². The molecule has 1 saturated carbocycles. The SMILES string of the molecule is COc1cc(NC2CC2C)nc(N)n1. The lowest BCUT2D eigenvalue weighted by Gasteiger charge is -2.06. The van der Waals surface area contributed by atoms with Crippen LogP contribution in [0, 0.1) is 5.92 Å². The highest BCUT2D eigenvalue weighted by atomic mass is 16.5. The molecule has 5 nitrogen and oxygen atoms in total. The maximum Gasteiger partial charge on any atom is 0.225 e. The molecular formula is C9H14N4O. The van der Waals surface area contributed by atoms with Crippen molar-refractivity contribution >= 4 is 11.8 Å². The lowest BCUT2D eigenvalue weighted by atomic mass is 10.4. The number of anilines is 2. The number of hydrogen-bond donors (Lipinski definition) is 2. The predicted octanol–water partition coefficient (Wildman–Crippen LogP) is 0.888. The molecule has 0 spiro atoms. The van der Waals surface area contributed by atoms with Gasteiger partial charge in [0.05, 0.1) is 7.11 Å². The Hall–Kier alpha value is -1.52. The highest BCUT2D eigenvalue weighted by molar-refractivity contribution is 5.44. The summed E-state index contributed by atoms with van der Waals surface area (Å²) < 4.78 is 4.99. The zero-order valence-corrected chi connectivity index (χ0v) is 8.32. The number of rotatable bonds is 3. The van der Waals surface area contributed by atoms with E-state index in [9.17, 15) is 0 Å². The molecule has 0 aliphatic heterocycles. The Morgan fingerprint density at radius 2 is 2.29 bits per heavy atom. The van der Waals surface area contributed by atoms with E-state index in [-0.39, 0.29) is 5.95 Å². The lowest BCUT2D eigenvalue weighted by Crippen LogP contribution is -2.08. The van der Waals surface area contributed by atoms with E-state index < -0.39 is 0 Å². The topological polar surface area (TPSA) is 73.1 Å². The molecule has 1 aliphatic carbocycles. The van der Waals surface area contributed by atoms with Crippen LogP contribution >= 0.6 is 0 Å². The maximum absolute atomic E-state index is 5.52. The van der Waals surface area contributed by atoms with Crippen molar-refractivity contribution in [1.29, 1.82) is 0 Å². The number of aromatic nitrogens is 2. The molecule has 2 atom stereocenters. The van der Waals surface area contributed by atoms with E-state index >= 15 is 0 Å². The van der Waals surface area contributed by atoms with Gasteiger partial charge >= 0.3 is 0 Å². The van der Waals surface area contributed by atoms with Gasteiger partial charge in [-0.1, -0.05) is 6.92 Å². The van der Waals surface area contributed by atoms with Crippen LogP contribution in [0.2, 0.25) is 0 Å². The largest absolute Gasteiger partial charge is 0.481 e. The number of methoxy groups -OCH3 is 1. The zero-order chi connectivity index (χ0) is 10.1. The van der Waals surface area contributed by atoms with Crippen molar-refractivity contribution in [1.82, 2.24) is 9.97 Å². The normalized spacial score (nSPS) is 24.4. The predicted molar refractivity (Wildman–Crippen MR) is 54.2 cm³/mol. The van der Waals surface area contributed by atoms with Gasteiger partial charge in [-0.15, -0.1) is 0 Å². The Morgan fingerprint density at radius 1 is 1.57 bits per heavy atom. The molecule has 2 rings (SSSR count). The summed E-state index contributed by atoms with van der Waals surface area (Å²) in [5, 5.41) is 3.27. The maximum atomic E-state index is 5.52. The van der Waals surface area contributed by atoms with Crippen LogP contribution in [0.4, 0.5) is 11.8 Å². The van der Waals surface area contributed by atoms with Gasteiger partial charge in [-0.2, -0.15) is 9.97 Å². The van der Waals surface area contributed by atoms with Crippen LogP contribution in [0.1, 0.15) is 13.3 Å². The van der Waals surface area contributed by atoms with Crippen molar-refractivity contribution in [3.05, 3.63) is 6.07 Å². The molecule has 0 radical (unpaired) electrons. The van der Waals surface area contributed by atoms with Gasteiger partial charge in [-0.05, 0) is 12.3 Å². The summed E-state index contributed by atoms with van der Waals surface area (Å²) in [6.07, 6.45) is 1.19. The van der Waals surface area contributed by atoms with Crippen LogP contribution < -0.4 is 15.8 Å². The minimum atomic E-state index is 0.236. The van der Waals surface area contributed by atoms with E-state index in [1.165, 1.54) is 6.42 Å². The molecule has 1 fully saturated rings. The Kier molecular flexibility index (Phi) is 2.15. The van der Waals surface area contributed by atoms with Gasteiger partial charge in [0, 0.05) is 12.1 Å². The van der Waals surface area contributed by atoms with Crippen molar-refractivity contribution in [2.45, 2.75) is 19.4 Å². The molecule has 1 heterocycles. The standard InChI is InChI=1S/C9H14N4O/c1-5-3-6(5)11-7-4-8(14-2)13-9(10)12-7/h4-6H,3H2,1-2H3,(H3,10,11,12,13). The second-order valence-corrected chi connectivity index (χ2v) is 3.62. The highest BCUT2D eigenvalue weighted by Gasteiger charge is 2.32. The van der Waals surface area contributed by atoms with Gasteiger partial charge in [0.1, 0.15) is 5.82 Å². The monoisotopic (exact) mass is 194 g/mol. The number of hydrogen-bond acceptors (Lipinski definition) is 5. The summed E-state index contributed by atoms with van der Waals surface area (Å²) in [4.78, 5) is 7.98. The first-order valence-electron chi connectivity index (χ1n) is 4.64. The molecule has 0 aromatic carbocycles. The smallest absolute Gasteiger partial charge is 0.225 e. The molecule has 5 heteroatoms. The third-order valence-corrected chi connectivity index (χ3v) is 2.37. The summed E-state index contributed by atoms with van der Waals surface area (Å²) in [5.74, 6) is 2.19. The molecule has 76 valence electrons. The molecule has 0 bridgehead atoms. The zero-order valence-electron chi connectivity index (χ0n) is 8.32. The molecule has 2 unspecified atom stereocenters. The highest BCUT2D eigenvalue weighted by Crippen LogP contribution is 2.32. The number of nitrogens with zero attached hydrogens (tertiary/aromatic N) is 2. The summed E-state index contributed by atoms with van der Waals surface area (Å²) in [5.41, 5.74) is 5.52. The van der Waals surface area contributed by atoms with Gasteiger partial charge in [0.2, 0.25) is 11.8 Å². The first-order valence-corrected chi connectivity index (χ1v) is 4.64. The fourth-order valence-electron chi connectivity index (χ4n) is 1.33. The van der Waals surface area contributed by atoms with E-state index in [1.807, 2.05) is 0 Å². The van der Waals surface area contributed by atoms with Gasteiger partial charge in [0.15, 0.2) is 0 Å². The van der Waals surface area contributed by atoms with Crippen LogP contribution in [0.5, 0.6) is 5.88 Å². The second kappa shape index (κ2) is 3.32. The van der Waals surface area contributed by atoms with Crippen LogP contribution in [0.3, 0.4) is 0 Å². The summed E-state index contributed by atoms with van der Waals surface area (Å²) in [7, 11) is 1.56. The fraction of sp³-hybridized carbons (Fsp3) is 0.556. The number of nitrogen functional groups attached to an aromatic ring is 1. The van der Waals surface area contributed by atoms with Crippen molar-refractivity contribution in [2.24, 2.45) is 5.92 Å². The first kappa shape index (κ1) is 9.05. The quantitative estimate of drug-likeness (QED) is 0.747. The fourth-order valence-corrected chi connectivity index (χ4v) is 1.33. The molecule has 0 saturated heterocycles. The molecular weight excluding hydrogens is 180 g/mol. The Balaban J connectivity index is 2.12. The molecule has 14 heavy (non-hydrogen) atoms. The number of nitrogens with two attached hydrogens (primary N) is 1. The van der Waals surface area contributed by atoms with Gasteiger partial charge in [-0.25, -0.2) is 0 Å². The van der Waals surface area contributed by atoms with E-state index in [1.54, 1.807) is 13.2 Å². The summed E-state index contributed by atoms with van der Waals surface area (Å²) in [6, 6.07) is 2.27. The summed E-state index contributed by atoms with van der Waals surface area (Å²) in [6.45, 7) is 2.19. The second-order valence-electron chi connectivity index (χ2n) is 3.62. The van der Waals surface area contributed by atoms with E-state index in [4.69, 9.17) is 10.5 Å². The van der Waals surface area contributed by atoms with Crippen molar-refractivity contribution < 1.29 is 4.74 Å². The van der Waals surface area contributed by atoms with Crippen LogP contribution in [-0.4, -0.2) is 23.1 Å². The molecule has 1 aromatic rings. The summed E-state index contributed by atoms with van der Waals surface area (Å²) >= 11 is 0. The Morgan fingerprint density at radius 3 is 2.86 bits per heavy atom. The lowest BCUT2D eigenvalue weighted by molar-refractivity contribution is 0.398. The minimum Gasteiger partial charge on any atom is -0.481 e. The molecule has 1 aliphatic rings. The molecule has 0 amide bonds. The van der Waals surface area contributed by atoms with Crippen LogP contribution in [0.25, 0.3) is 0 Å². The van der Waals surface area contributed by atoms with Crippen LogP contribution in [-0.2, 0) is 0 Å².